The van der Waals surface area contributed by atoms with Gasteiger partial charge in [-0.25, -0.2) is 0 Å². The lowest BCUT2D eigenvalue weighted by molar-refractivity contribution is -0.127. The summed E-state index contributed by atoms with van der Waals surface area (Å²) < 4.78 is 5.18. The van der Waals surface area contributed by atoms with Gasteiger partial charge in [-0.2, -0.15) is 0 Å². The van der Waals surface area contributed by atoms with Crippen LogP contribution in [-0.2, 0) is 14.4 Å². The summed E-state index contributed by atoms with van der Waals surface area (Å²) in [6.45, 7) is 3.30. The van der Waals surface area contributed by atoms with Crippen molar-refractivity contribution in [3.8, 4) is 5.75 Å². The first-order valence-electron chi connectivity index (χ1n) is 9.36. The summed E-state index contributed by atoms with van der Waals surface area (Å²) in [6, 6.07) is 12.1. The molecule has 2 aromatic rings. The fourth-order valence-electron chi connectivity index (χ4n) is 2.77. The molecule has 0 aromatic heterocycles. The van der Waals surface area contributed by atoms with Crippen LogP contribution in [0.3, 0.4) is 0 Å². The molecule has 1 aliphatic rings. The number of imide groups is 1. The van der Waals surface area contributed by atoms with Crippen LogP contribution in [0.2, 0.25) is 0 Å². The van der Waals surface area contributed by atoms with E-state index in [0.29, 0.717) is 17.0 Å². The van der Waals surface area contributed by atoms with Crippen molar-refractivity contribution in [2.24, 2.45) is 5.73 Å². The Balaban J connectivity index is 1.63. The molecule has 0 unspecified atom stereocenters. The van der Waals surface area contributed by atoms with E-state index in [1.807, 2.05) is 26.0 Å². The highest BCUT2D eigenvalue weighted by Crippen LogP contribution is 2.32. The number of ether oxygens (including phenoxy) is 1. The minimum absolute atomic E-state index is 0.217. The second kappa shape index (κ2) is 9.48. The molecule has 0 atom stereocenters. The number of benzene rings is 2. The number of carbonyl (C=O) groups is 4. The smallest absolute Gasteiger partial charge is 0.294 e. The lowest BCUT2D eigenvalue weighted by Crippen LogP contribution is -2.36. The number of aryl methyl sites for hydroxylation is 2. The Morgan fingerprint density at radius 2 is 1.81 bits per heavy atom. The zero-order valence-electron chi connectivity index (χ0n) is 17.0. The van der Waals surface area contributed by atoms with Crippen LogP contribution in [0.25, 0.3) is 6.08 Å². The number of rotatable bonds is 7. The van der Waals surface area contributed by atoms with Crippen molar-refractivity contribution in [3.63, 3.8) is 0 Å². The van der Waals surface area contributed by atoms with Gasteiger partial charge in [0.2, 0.25) is 5.91 Å². The van der Waals surface area contributed by atoms with E-state index < -0.39 is 23.0 Å². The second-order valence-electron chi connectivity index (χ2n) is 6.94. The fraction of sp³-hybridized carbons (Fsp3) is 0.182. The summed E-state index contributed by atoms with van der Waals surface area (Å²) in [5, 5.41) is 2.20. The summed E-state index contributed by atoms with van der Waals surface area (Å²) >= 11 is 0.774. The molecule has 4 amide bonds. The molecule has 0 saturated carbocycles. The van der Waals surface area contributed by atoms with Crippen molar-refractivity contribution in [2.45, 2.75) is 13.8 Å². The molecule has 0 bridgehead atoms. The molecule has 8 nitrogen and oxygen atoms in total. The van der Waals surface area contributed by atoms with E-state index in [9.17, 15) is 19.2 Å². The van der Waals surface area contributed by atoms with Crippen LogP contribution in [0.5, 0.6) is 5.75 Å². The van der Waals surface area contributed by atoms with Gasteiger partial charge in [0, 0.05) is 5.69 Å². The lowest BCUT2D eigenvalue weighted by atomic mass is 10.1. The van der Waals surface area contributed by atoms with Gasteiger partial charge in [0.25, 0.3) is 17.1 Å². The molecule has 0 spiro atoms. The third-order valence-corrected chi connectivity index (χ3v) is 5.43. The van der Waals surface area contributed by atoms with E-state index >= 15 is 0 Å². The first-order valence-corrected chi connectivity index (χ1v) is 10.2. The van der Waals surface area contributed by atoms with Crippen LogP contribution in [0, 0.1) is 13.8 Å². The van der Waals surface area contributed by atoms with Gasteiger partial charge in [-0.05, 0) is 72.6 Å². The highest BCUT2D eigenvalue weighted by atomic mass is 32.2. The third-order valence-electron chi connectivity index (χ3n) is 4.52. The first-order chi connectivity index (χ1) is 14.7. The number of nitrogens with two attached hydrogens (primary N) is 1. The summed E-state index contributed by atoms with van der Waals surface area (Å²) in [4.78, 5) is 49.1. The summed E-state index contributed by atoms with van der Waals surface area (Å²) in [7, 11) is 0. The number of hydrogen-bond donors (Lipinski definition) is 2. The molecule has 0 aliphatic carbocycles. The summed E-state index contributed by atoms with van der Waals surface area (Å²) in [6.07, 6.45) is 1.56. The Bertz CT molecular complexity index is 1080. The predicted octanol–water partition coefficient (Wildman–Crippen LogP) is 2.84. The molecular weight excluding hydrogens is 418 g/mol. The molecule has 2 aromatic carbocycles. The normalized spacial score (nSPS) is 14.8. The van der Waals surface area contributed by atoms with Gasteiger partial charge in [0.05, 0.1) is 4.91 Å². The highest BCUT2D eigenvalue weighted by Gasteiger charge is 2.36. The Labute approximate surface area is 183 Å². The first kappa shape index (κ1) is 22.1. The monoisotopic (exact) mass is 439 g/mol. The molecule has 1 saturated heterocycles. The van der Waals surface area contributed by atoms with Crippen molar-refractivity contribution in [1.29, 1.82) is 0 Å². The summed E-state index contributed by atoms with van der Waals surface area (Å²) in [5.41, 5.74) is 8.43. The maximum Gasteiger partial charge on any atom is 0.294 e. The van der Waals surface area contributed by atoms with E-state index in [4.69, 9.17) is 10.5 Å². The molecule has 31 heavy (non-hydrogen) atoms. The molecule has 1 fully saturated rings. The molecule has 3 N–H and O–H groups in total. The third kappa shape index (κ3) is 5.73. The van der Waals surface area contributed by atoms with Crippen LogP contribution >= 0.6 is 11.8 Å². The zero-order chi connectivity index (χ0) is 22.5. The van der Waals surface area contributed by atoms with Crippen LogP contribution in [0.1, 0.15) is 16.7 Å². The Morgan fingerprint density at radius 3 is 2.45 bits per heavy atom. The largest absolute Gasteiger partial charge is 0.484 e. The van der Waals surface area contributed by atoms with Gasteiger partial charge in [0.1, 0.15) is 12.3 Å². The number of anilines is 1. The van der Waals surface area contributed by atoms with E-state index in [-0.39, 0.29) is 18.1 Å². The standard InChI is InChI=1S/C22H21N3O5S/c1-13-3-6-16(9-14(13)2)24-20(27)11-25-21(28)18(31-22(25)29)10-15-4-7-17(8-5-15)30-12-19(23)26/h3-10H,11-12H2,1-2H3,(H2,23,26)(H,24,27). The number of nitrogens with one attached hydrogen (secondary N) is 1. The number of thioether (sulfide) groups is 1. The van der Waals surface area contributed by atoms with Gasteiger partial charge >= 0.3 is 0 Å². The van der Waals surface area contributed by atoms with Crippen LogP contribution in [0.15, 0.2) is 47.4 Å². The van der Waals surface area contributed by atoms with E-state index in [2.05, 4.69) is 5.32 Å². The number of primary amides is 1. The molecule has 0 radical (unpaired) electrons. The molecule has 1 heterocycles. The Morgan fingerprint density at radius 1 is 1.10 bits per heavy atom. The SMILES string of the molecule is Cc1ccc(NC(=O)CN2C(=O)SC(=Cc3ccc(OCC(N)=O)cc3)C2=O)cc1C. The second-order valence-corrected chi connectivity index (χ2v) is 7.93. The van der Waals surface area contributed by atoms with Crippen molar-refractivity contribution < 1.29 is 23.9 Å². The van der Waals surface area contributed by atoms with Crippen molar-refractivity contribution in [1.82, 2.24) is 4.90 Å². The molecule has 3 rings (SSSR count). The Kier molecular flexibility index (Phi) is 6.76. The average Bonchev–Trinajstić information content (AvgIpc) is 2.97. The van der Waals surface area contributed by atoms with Gasteiger partial charge in [-0.1, -0.05) is 18.2 Å². The molecular formula is C22H21N3O5S. The van der Waals surface area contributed by atoms with Crippen molar-refractivity contribution in [3.05, 3.63) is 64.1 Å². The maximum absolute atomic E-state index is 12.6. The molecule has 9 heteroatoms. The van der Waals surface area contributed by atoms with E-state index in [1.54, 1.807) is 36.4 Å². The summed E-state index contributed by atoms with van der Waals surface area (Å²) in [5.74, 6) is -1.12. The number of hydrogen-bond acceptors (Lipinski definition) is 6. The van der Waals surface area contributed by atoms with Crippen LogP contribution < -0.4 is 15.8 Å². The Hall–Kier alpha value is -3.59. The van der Waals surface area contributed by atoms with E-state index in [0.717, 1.165) is 27.8 Å². The van der Waals surface area contributed by atoms with Crippen molar-refractivity contribution in [2.75, 3.05) is 18.5 Å². The van der Waals surface area contributed by atoms with Gasteiger partial charge in [-0.3, -0.25) is 24.1 Å². The lowest BCUT2D eigenvalue weighted by Gasteiger charge is -2.13. The number of carbonyl (C=O) groups excluding carboxylic acids is 4. The predicted molar refractivity (Wildman–Crippen MR) is 118 cm³/mol. The minimum atomic E-state index is -0.584. The van der Waals surface area contributed by atoms with E-state index in [1.165, 1.54) is 0 Å². The highest BCUT2D eigenvalue weighted by molar-refractivity contribution is 8.18. The van der Waals surface area contributed by atoms with Gasteiger partial charge in [-0.15, -0.1) is 0 Å². The van der Waals surface area contributed by atoms with Gasteiger partial charge < -0.3 is 15.8 Å². The maximum atomic E-state index is 12.6. The topological polar surface area (TPSA) is 119 Å². The average molecular weight is 439 g/mol. The minimum Gasteiger partial charge on any atom is -0.484 e. The van der Waals surface area contributed by atoms with Crippen molar-refractivity contribution >= 4 is 46.5 Å². The molecule has 1 aliphatic heterocycles. The molecule has 160 valence electrons. The zero-order valence-corrected chi connectivity index (χ0v) is 17.8. The van der Waals surface area contributed by atoms with Crippen LogP contribution in [0.4, 0.5) is 10.5 Å². The number of nitrogens with zero attached hydrogens (tertiary/aromatic N) is 1. The number of amides is 4. The van der Waals surface area contributed by atoms with Gasteiger partial charge in [0.15, 0.2) is 6.61 Å². The van der Waals surface area contributed by atoms with Crippen LogP contribution in [-0.4, -0.2) is 41.0 Å². The fourth-order valence-corrected chi connectivity index (χ4v) is 3.60. The quantitative estimate of drug-likeness (QED) is 0.641.